The molecule has 88 valence electrons. The number of carboxylic acid groups (broad SMARTS) is 1. The first-order valence-corrected chi connectivity index (χ1v) is 5.80. The summed E-state index contributed by atoms with van der Waals surface area (Å²) in [6.07, 6.45) is 5.58. The van der Waals surface area contributed by atoms with Crippen LogP contribution in [0.3, 0.4) is 0 Å². The minimum absolute atomic E-state index is 0.117. The van der Waals surface area contributed by atoms with Crippen LogP contribution in [0.4, 0.5) is 0 Å². The molecule has 0 unspecified atom stereocenters. The zero-order chi connectivity index (χ0) is 11.7. The summed E-state index contributed by atoms with van der Waals surface area (Å²) in [5, 5.41) is 13.1. The van der Waals surface area contributed by atoms with Crippen molar-refractivity contribution in [2.75, 3.05) is 0 Å². The molecule has 1 N–H and O–H groups in total. The number of aliphatic carboxylic acids is 1. The topological polar surface area (TPSA) is 55.1 Å². The van der Waals surface area contributed by atoms with Gasteiger partial charge in [0.25, 0.3) is 0 Å². The molecule has 0 aromatic carbocycles. The predicted octanol–water partition coefficient (Wildman–Crippen LogP) is 1.80. The van der Waals surface area contributed by atoms with Gasteiger partial charge in [-0.1, -0.05) is 13.8 Å². The van der Waals surface area contributed by atoms with Crippen molar-refractivity contribution in [2.24, 2.45) is 17.8 Å². The summed E-state index contributed by atoms with van der Waals surface area (Å²) in [7, 11) is 0. The normalized spacial score (nSPS) is 23.7. The molecule has 1 fully saturated rings. The zero-order valence-electron chi connectivity index (χ0n) is 9.76. The second-order valence-corrected chi connectivity index (χ2v) is 5.11. The van der Waals surface area contributed by atoms with Crippen LogP contribution in [0.15, 0.2) is 12.4 Å². The van der Waals surface area contributed by atoms with Gasteiger partial charge in [-0.05, 0) is 30.2 Å². The van der Waals surface area contributed by atoms with E-state index in [1.165, 1.54) is 0 Å². The van der Waals surface area contributed by atoms with E-state index in [1.54, 1.807) is 0 Å². The molecule has 0 radical (unpaired) electrons. The Balaban J connectivity index is 1.87. The monoisotopic (exact) mass is 222 g/mol. The van der Waals surface area contributed by atoms with Crippen molar-refractivity contribution < 1.29 is 9.90 Å². The third kappa shape index (κ3) is 2.62. The second kappa shape index (κ2) is 4.28. The van der Waals surface area contributed by atoms with E-state index in [0.29, 0.717) is 11.8 Å². The molecule has 1 saturated carbocycles. The van der Waals surface area contributed by atoms with Crippen LogP contribution < -0.4 is 0 Å². The van der Waals surface area contributed by atoms with E-state index < -0.39 is 5.97 Å². The fraction of sp³-hybridized carbons (Fsp3) is 0.667. The average molecular weight is 222 g/mol. The number of hydrogen-bond acceptors (Lipinski definition) is 2. The summed E-state index contributed by atoms with van der Waals surface area (Å²) < 4.78 is 1.94. The van der Waals surface area contributed by atoms with Crippen LogP contribution in [-0.2, 0) is 17.8 Å². The van der Waals surface area contributed by atoms with Gasteiger partial charge in [0.15, 0.2) is 0 Å². The van der Waals surface area contributed by atoms with Crippen molar-refractivity contribution >= 4 is 5.97 Å². The lowest BCUT2D eigenvalue weighted by Gasteiger charge is -2.03. The van der Waals surface area contributed by atoms with Crippen LogP contribution >= 0.6 is 0 Å². The third-order valence-electron chi connectivity index (χ3n) is 2.98. The highest BCUT2D eigenvalue weighted by Gasteiger charge is 2.42. The first-order chi connectivity index (χ1) is 7.56. The highest BCUT2D eigenvalue weighted by atomic mass is 16.4. The van der Waals surface area contributed by atoms with E-state index in [-0.39, 0.29) is 5.92 Å². The highest BCUT2D eigenvalue weighted by Crippen LogP contribution is 2.41. The summed E-state index contributed by atoms with van der Waals surface area (Å²) in [5.74, 6) is 0.141. The van der Waals surface area contributed by atoms with E-state index in [1.807, 2.05) is 17.1 Å². The van der Waals surface area contributed by atoms with E-state index >= 15 is 0 Å². The third-order valence-corrected chi connectivity index (χ3v) is 2.98. The molecule has 4 heteroatoms. The Kier molecular flexibility index (Phi) is 2.99. The van der Waals surface area contributed by atoms with Gasteiger partial charge in [-0.25, -0.2) is 0 Å². The molecule has 1 heterocycles. The summed E-state index contributed by atoms with van der Waals surface area (Å²) in [6.45, 7) is 5.23. The molecule has 0 saturated heterocycles. The zero-order valence-corrected chi connectivity index (χ0v) is 9.76. The van der Waals surface area contributed by atoms with Gasteiger partial charge >= 0.3 is 5.97 Å². The van der Waals surface area contributed by atoms with E-state index in [2.05, 4.69) is 18.9 Å². The molecular weight excluding hydrogens is 204 g/mol. The van der Waals surface area contributed by atoms with Crippen LogP contribution in [0.5, 0.6) is 0 Å². The molecule has 0 spiro atoms. The SMILES string of the molecule is CC(C)Cn1cc(C[C@@H]2C[C@H]2C(=O)O)cn1. The maximum absolute atomic E-state index is 10.7. The van der Waals surface area contributed by atoms with Crippen molar-refractivity contribution in [3.05, 3.63) is 18.0 Å². The summed E-state index contributed by atoms with van der Waals surface area (Å²) in [5.41, 5.74) is 1.16. The van der Waals surface area contributed by atoms with Gasteiger partial charge in [0.05, 0.1) is 12.1 Å². The maximum Gasteiger partial charge on any atom is 0.306 e. The van der Waals surface area contributed by atoms with Crippen LogP contribution in [0.2, 0.25) is 0 Å². The molecule has 0 aliphatic heterocycles. The van der Waals surface area contributed by atoms with Gasteiger partial charge in [-0.2, -0.15) is 5.10 Å². The van der Waals surface area contributed by atoms with Crippen molar-refractivity contribution in [1.82, 2.24) is 9.78 Å². The Hall–Kier alpha value is -1.32. The Labute approximate surface area is 95.3 Å². The first-order valence-electron chi connectivity index (χ1n) is 5.80. The lowest BCUT2D eigenvalue weighted by Crippen LogP contribution is -2.04. The summed E-state index contributed by atoms with van der Waals surface area (Å²) in [4.78, 5) is 10.7. The van der Waals surface area contributed by atoms with E-state index in [4.69, 9.17) is 5.11 Å². The average Bonchev–Trinajstić information content (AvgIpc) is 2.80. The van der Waals surface area contributed by atoms with Gasteiger partial charge < -0.3 is 5.11 Å². The molecule has 16 heavy (non-hydrogen) atoms. The molecule has 1 aliphatic carbocycles. The Morgan fingerprint density at radius 2 is 2.44 bits per heavy atom. The lowest BCUT2D eigenvalue weighted by atomic mass is 10.1. The van der Waals surface area contributed by atoms with Gasteiger partial charge in [-0.15, -0.1) is 0 Å². The molecule has 1 aliphatic rings. The highest BCUT2D eigenvalue weighted by molar-refractivity contribution is 5.73. The van der Waals surface area contributed by atoms with E-state index in [9.17, 15) is 4.79 Å². The number of carbonyl (C=O) groups is 1. The smallest absolute Gasteiger partial charge is 0.306 e. The summed E-state index contributed by atoms with van der Waals surface area (Å²) in [6, 6.07) is 0. The fourth-order valence-electron chi connectivity index (χ4n) is 2.06. The van der Waals surface area contributed by atoms with Gasteiger partial charge in [-0.3, -0.25) is 9.48 Å². The maximum atomic E-state index is 10.7. The first kappa shape index (κ1) is 11.2. The fourth-order valence-corrected chi connectivity index (χ4v) is 2.06. The largest absolute Gasteiger partial charge is 0.481 e. The van der Waals surface area contributed by atoms with Crippen molar-refractivity contribution in [2.45, 2.75) is 33.2 Å². The Bertz CT molecular complexity index is 384. The summed E-state index contributed by atoms with van der Waals surface area (Å²) >= 11 is 0. The number of rotatable bonds is 5. The number of hydrogen-bond donors (Lipinski definition) is 1. The minimum Gasteiger partial charge on any atom is -0.481 e. The Morgan fingerprint density at radius 3 is 3.00 bits per heavy atom. The second-order valence-electron chi connectivity index (χ2n) is 5.11. The van der Waals surface area contributed by atoms with Crippen molar-refractivity contribution in [3.8, 4) is 0 Å². The molecule has 1 aromatic rings. The Morgan fingerprint density at radius 1 is 1.69 bits per heavy atom. The number of aromatic nitrogens is 2. The van der Waals surface area contributed by atoms with Crippen molar-refractivity contribution in [3.63, 3.8) is 0 Å². The van der Waals surface area contributed by atoms with Gasteiger partial charge in [0, 0.05) is 12.7 Å². The van der Waals surface area contributed by atoms with Crippen LogP contribution in [0.1, 0.15) is 25.8 Å². The van der Waals surface area contributed by atoms with Crippen LogP contribution in [0.25, 0.3) is 0 Å². The molecular formula is C12H18N2O2. The number of nitrogens with zero attached hydrogens (tertiary/aromatic N) is 2. The van der Waals surface area contributed by atoms with Gasteiger partial charge in [0.1, 0.15) is 0 Å². The van der Waals surface area contributed by atoms with E-state index in [0.717, 1.165) is 24.9 Å². The lowest BCUT2D eigenvalue weighted by molar-refractivity contribution is -0.138. The van der Waals surface area contributed by atoms with Crippen molar-refractivity contribution in [1.29, 1.82) is 0 Å². The van der Waals surface area contributed by atoms with Crippen LogP contribution in [0, 0.1) is 17.8 Å². The van der Waals surface area contributed by atoms with Crippen LogP contribution in [-0.4, -0.2) is 20.9 Å². The quantitative estimate of drug-likeness (QED) is 0.826. The molecule has 4 nitrogen and oxygen atoms in total. The number of carboxylic acids is 1. The minimum atomic E-state index is -0.653. The molecule has 1 aromatic heterocycles. The molecule has 2 atom stereocenters. The van der Waals surface area contributed by atoms with Gasteiger partial charge in [0.2, 0.25) is 0 Å². The molecule has 2 rings (SSSR count). The molecule has 0 amide bonds. The molecule has 0 bridgehead atoms. The standard InChI is InChI=1S/C12H18N2O2/c1-8(2)6-14-7-9(5-13-14)3-10-4-11(10)12(15)16/h5,7-8,10-11H,3-4,6H2,1-2H3,(H,15,16)/t10-,11-/m1/s1. The predicted molar refractivity (Wildman–Crippen MR) is 60.0 cm³/mol.